The number of hydrogen-bond donors (Lipinski definition) is 0. The van der Waals surface area contributed by atoms with Gasteiger partial charge in [-0.05, 0) is 49.6 Å². The summed E-state index contributed by atoms with van der Waals surface area (Å²) < 4.78 is 2.38. The highest BCUT2D eigenvalue weighted by Crippen LogP contribution is 2.38. The molecular formula is C28H25ClN+. The maximum absolute atomic E-state index is 2.38. The van der Waals surface area contributed by atoms with Crippen molar-refractivity contribution in [2.75, 3.05) is 0 Å². The van der Waals surface area contributed by atoms with Crippen LogP contribution in [0.15, 0.2) is 91.0 Å². The fraction of sp³-hybridized carbons (Fsp3) is 0.107. The lowest BCUT2D eigenvalue weighted by Gasteiger charge is -2.16. The van der Waals surface area contributed by atoms with Gasteiger partial charge in [-0.3, -0.25) is 0 Å². The Bertz CT molecular complexity index is 1290. The van der Waals surface area contributed by atoms with Crippen molar-refractivity contribution in [2.24, 2.45) is 0 Å². The zero-order valence-corrected chi connectivity index (χ0v) is 18.3. The lowest BCUT2D eigenvalue weighted by Crippen LogP contribution is -2.33. The molecule has 2 heteroatoms. The first-order valence-electron chi connectivity index (χ1n) is 10.1. The molecule has 0 amide bonds. The van der Waals surface area contributed by atoms with Crippen molar-refractivity contribution in [1.82, 2.24) is 0 Å². The van der Waals surface area contributed by atoms with Gasteiger partial charge in [0.2, 0.25) is 16.7 Å². The van der Waals surface area contributed by atoms with E-state index in [0.717, 1.165) is 0 Å². The van der Waals surface area contributed by atoms with Gasteiger partial charge in [-0.25, -0.2) is 0 Å². The molecule has 0 spiro atoms. The Hall–Kier alpha value is -3.16. The summed E-state index contributed by atoms with van der Waals surface area (Å²) in [5.74, 6) is 0. The standard InChI is InChI=1S/C28H24N.ClH/c1-19-17-20(2)27(21(3)18-19)28-23-13-7-9-15-25(23)29(22-11-5-4-6-12-22)26-16-10-8-14-24(26)28;/h4-18H,1-3H3;1H/q+1;. The molecule has 0 fully saturated rings. The van der Waals surface area contributed by atoms with Crippen molar-refractivity contribution in [3.8, 4) is 16.8 Å². The number of para-hydroxylation sites is 3. The van der Waals surface area contributed by atoms with Crippen LogP contribution in [0.3, 0.4) is 0 Å². The lowest BCUT2D eigenvalue weighted by molar-refractivity contribution is -0.537. The van der Waals surface area contributed by atoms with Crippen LogP contribution in [-0.4, -0.2) is 0 Å². The molecule has 0 saturated heterocycles. The lowest BCUT2D eigenvalue weighted by atomic mass is 9.89. The third kappa shape index (κ3) is 3.16. The Labute approximate surface area is 184 Å². The van der Waals surface area contributed by atoms with Gasteiger partial charge >= 0.3 is 0 Å². The first-order valence-corrected chi connectivity index (χ1v) is 10.1. The van der Waals surface area contributed by atoms with Crippen molar-refractivity contribution in [2.45, 2.75) is 20.8 Å². The average molecular weight is 411 g/mol. The highest BCUT2D eigenvalue weighted by Gasteiger charge is 2.24. The van der Waals surface area contributed by atoms with Gasteiger partial charge in [0.05, 0.1) is 10.8 Å². The molecule has 0 N–H and O–H groups in total. The number of halogens is 1. The predicted molar refractivity (Wildman–Crippen MR) is 130 cm³/mol. The van der Waals surface area contributed by atoms with Gasteiger partial charge in [-0.1, -0.05) is 60.2 Å². The van der Waals surface area contributed by atoms with Gasteiger partial charge in [0.15, 0.2) is 0 Å². The number of rotatable bonds is 2. The fourth-order valence-electron chi connectivity index (χ4n) is 4.73. The van der Waals surface area contributed by atoms with Crippen LogP contribution in [0.25, 0.3) is 38.6 Å². The Kier molecular flexibility index (Phi) is 5.32. The molecule has 0 aliphatic heterocycles. The van der Waals surface area contributed by atoms with E-state index in [9.17, 15) is 0 Å². The number of nitrogens with zero attached hydrogens (tertiary/aromatic N) is 1. The number of fused-ring (bicyclic) bond motifs is 2. The topological polar surface area (TPSA) is 3.88 Å². The van der Waals surface area contributed by atoms with Crippen LogP contribution in [0, 0.1) is 20.8 Å². The molecular weight excluding hydrogens is 386 g/mol. The van der Waals surface area contributed by atoms with Gasteiger partial charge in [-0.2, -0.15) is 4.57 Å². The van der Waals surface area contributed by atoms with E-state index in [-0.39, 0.29) is 12.4 Å². The normalized spacial score (nSPS) is 10.9. The fourth-order valence-corrected chi connectivity index (χ4v) is 4.73. The van der Waals surface area contributed by atoms with Crippen LogP contribution in [0.2, 0.25) is 0 Å². The summed E-state index contributed by atoms with van der Waals surface area (Å²) in [5.41, 5.74) is 10.3. The summed E-state index contributed by atoms with van der Waals surface area (Å²) >= 11 is 0. The number of benzene rings is 4. The van der Waals surface area contributed by atoms with E-state index < -0.39 is 0 Å². The summed E-state index contributed by atoms with van der Waals surface area (Å²) in [7, 11) is 0. The monoisotopic (exact) mass is 410 g/mol. The van der Waals surface area contributed by atoms with Gasteiger partial charge in [0.1, 0.15) is 0 Å². The van der Waals surface area contributed by atoms with Gasteiger partial charge in [0.25, 0.3) is 0 Å². The smallest absolute Gasteiger partial charge is 0.153 e. The average Bonchev–Trinajstić information content (AvgIpc) is 2.73. The molecule has 4 aromatic carbocycles. The number of aromatic nitrogens is 1. The number of hydrogen-bond acceptors (Lipinski definition) is 0. The molecule has 1 aromatic heterocycles. The van der Waals surface area contributed by atoms with Gasteiger partial charge in [0, 0.05) is 29.8 Å². The van der Waals surface area contributed by atoms with E-state index >= 15 is 0 Å². The van der Waals surface area contributed by atoms with Gasteiger partial charge in [-0.15, -0.1) is 12.4 Å². The Balaban J connectivity index is 0.00000218. The Morgan fingerprint density at radius 1 is 0.533 bits per heavy atom. The first kappa shape index (κ1) is 20.1. The van der Waals surface area contributed by atoms with E-state index in [2.05, 4.69) is 116 Å². The predicted octanol–water partition coefficient (Wildman–Crippen LogP) is 7.28. The maximum atomic E-state index is 2.38. The minimum absolute atomic E-state index is 0. The molecule has 1 heterocycles. The molecule has 1 nitrogen and oxygen atoms in total. The molecule has 0 aliphatic carbocycles. The van der Waals surface area contributed by atoms with Gasteiger partial charge < -0.3 is 0 Å². The van der Waals surface area contributed by atoms with E-state index in [4.69, 9.17) is 0 Å². The SMILES string of the molecule is Cc1cc(C)c(-c2c3ccccc3[n+](-c3ccccc3)c3ccccc23)c(C)c1.Cl. The Morgan fingerprint density at radius 3 is 1.53 bits per heavy atom. The van der Waals surface area contributed by atoms with Crippen LogP contribution < -0.4 is 4.57 Å². The highest BCUT2D eigenvalue weighted by atomic mass is 35.5. The minimum Gasteiger partial charge on any atom is -0.153 e. The van der Waals surface area contributed by atoms with E-state index in [1.165, 1.54) is 55.3 Å². The molecule has 0 bridgehead atoms. The maximum Gasteiger partial charge on any atom is 0.219 e. The van der Waals surface area contributed by atoms with Crippen LogP contribution in [0.4, 0.5) is 0 Å². The van der Waals surface area contributed by atoms with Crippen molar-refractivity contribution < 1.29 is 4.57 Å². The zero-order chi connectivity index (χ0) is 20.0. The summed E-state index contributed by atoms with van der Waals surface area (Å²) in [6, 6.07) is 32.8. The van der Waals surface area contributed by atoms with Crippen LogP contribution in [-0.2, 0) is 0 Å². The van der Waals surface area contributed by atoms with Crippen molar-refractivity contribution in [3.63, 3.8) is 0 Å². The Morgan fingerprint density at radius 2 is 1.00 bits per heavy atom. The molecule has 0 unspecified atom stereocenters. The molecule has 0 radical (unpaired) electrons. The molecule has 5 rings (SSSR count). The highest BCUT2D eigenvalue weighted by molar-refractivity contribution is 6.08. The summed E-state index contributed by atoms with van der Waals surface area (Å²) in [6.45, 7) is 6.64. The molecule has 5 aromatic rings. The summed E-state index contributed by atoms with van der Waals surface area (Å²) in [6.07, 6.45) is 0. The molecule has 0 aliphatic rings. The van der Waals surface area contributed by atoms with E-state index in [1.54, 1.807) is 0 Å². The number of pyridine rings is 1. The summed E-state index contributed by atoms with van der Waals surface area (Å²) in [5, 5.41) is 2.57. The molecule has 30 heavy (non-hydrogen) atoms. The zero-order valence-electron chi connectivity index (χ0n) is 17.5. The first-order chi connectivity index (χ1) is 14.1. The van der Waals surface area contributed by atoms with Crippen LogP contribution in [0.5, 0.6) is 0 Å². The van der Waals surface area contributed by atoms with Crippen LogP contribution in [0.1, 0.15) is 16.7 Å². The second-order valence-electron chi connectivity index (χ2n) is 7.85. The minimum atomic E-state index is 0. The van der Waals surface area contributed by atoms with Crippen molar-refractivity contribution in [1.29, 1.82) is 0 Å². The molecule has 148 valence electrons. The third-order valence-electron chi connectivity index (χ3n) is 5.77. The van der Waals surface area contributed by atoms with E-state index in [1.807, 2.05) is 0 Å². The third-order valence-corrected chi connectivity index (χ3v) is 5.77. The van der Waals surface area contributed by atoms with E-state index in [0.29, 0.717) is 0 Å². The van der Waals surface area contributed by atoms with Crippen LogP contribution >= 0.6 is 12.4 Å². The molecule has 0 saturated carbocycles. The quantitative estimate of drug-likeness (QED) is 0.212. The van der Waals surface area contributed by atoms with Crippen molar-refractivity contribution >= 4 is 34.2 Å². The van der Waals surface area contributed by atoms with Crippen molar-refractivity contribution in [3.05, 3.63) is 108 Å². The second-order valence-corrected chi connectivity index (χ2v) is 7.85. The second kappa shape index (κ2) is 7.93. The number of aryl methyl sites for hydroxylation is 3. The molecule has 0 atom stereocenters. The summed E-state index contributed by atoms with van der Waals surface area (Å²) in [4.78, 5) is 0. The largest absolute Gasteiger partial charge is 0.219 e.